The monoisotopic (exact) mass is 286 g/mol. The van der Waals surface area contributed by atoms with Gasteiger partial charge in [-0.05, 0) is 29.8 Å². The highest BCUT2D eigenvalue weighted by atomic mass is 16.7. The molecule has 5 nitrogen and oxygen atoms in total. The van der Waals surface area contributed by atoms with E-state index in [1.54, 1.807) is 7.11 Å². The van der Waals surface area contributed by atoms with Crippen molar-refractivity contribution in [1.82, 2.24) is 10.3 Å². The Bertz CT molecular complexity index is 602. The second-order valence-electron chi connectivity index (χ2n) is 4.78. The zero-order valence-corrected chi connectivity index (χ0v) is 12.0. The van der Waals surface area contributed by atoms with Crippen LogP contribution in [-0.4, -0.2) is 25.4 Å². The molecule has 1 aromatic carbocycles. The van der Waals surface area contributed by atoms with E-state index < -0.39 is 0 Å². The van der Waals surface area contributed by atoms with Gasteiger partial charge < -0.3 is 19.5 Å². The Morgan fingerprint density at radius 2 is 2.24 bits per heavy atom. The molecule has 2 heterocycles. The van der Waals surface area contributed by atoms with Crippen LogP contribution in [0.25, 0.3) is 0 Å². The Hall–Kier alpha value is -2.27. The van der Waals surface area contributed by atoms with Crippen LogP contribution in [0.4, 0.5) is 0 Å². The number of ether oxygens (including phenoxy) is 3. The summed E-state index contributed by atoms with van der Waals surface area (Å²) in [6.07, 6.45) is 2.72. The SMILES string of the molecule is COc1cc(CNCCc2ccccn2)cc2c1OCO2. The predicted molar refractivity (Wildman–Crippen MR) is 78.8 cm³/mol. The van der Waals surface area contributed by atoms with E-state index in [1.807, 2.05) is 36.5 Å². The molecule has 1 aliphatic heterocycles. The number of aromatic nitrogens is 1. The predicted octanol–water partition coefficient (Wildman–Crippen LogP) is 2.15. The van der Waals surface area contributed by atoms with Crippen molar-refractivity contribution in [3.05, 3.63) is 47.8 Å². The van der Waals surface area contributed by atoms with Gasteiger partial charge in [-0.1, -0.05) is 6.07 Å². The number of methoxy groups -OCH3 is 1. The average Bonchev–Trinajstić information content (AvgIpc) is 3.00. The maximum Gasteiger partial charge on any atom is 0.231 e. The van der Waals surface area contributed by atoms with Crippen molar-refractivity contribution in [3.63, 3.8) is 0 Å². The lowest BCUT2D eigenvalue weighted by atomic mass is 10.1. The fraction of sp³-hybridized carbons (Fsp3) is 0.312. The van der Waals surface area contributed by atoms with Crippen molar-refractivity contribution in [1.29, 1.82) is 0 Å². The zero-order chi connectivity index (χ0) is 14.5. The lowest BCUT2D eigenvalue weighted by molar-refractivity contribution is 0.171. The minimum atomic E-state index is 0.252. The average molecular weight is 286 g/mol. The molecule has 1 N–H and O–H groups in total. The van der Waals surface area contributed by atoms with Crippen LogP contribution in [0.5, 0.6) is 17.2 Å². The summed E-state index contributed by atoms with van der Waals surface area (Å²) in [5.74, 6) is 2.15. The molecule has 0 aliphatic carbocycles. The second kappa shape index (κ2) is 6.45. The summed E-state index contributed by atoms with van der Waals surface area (Å²) < 4.78 is 16.1. The molecule has 1 aliphatic rings. The van der Waals surface area contributed by atoms with E-state index in [4.69, 9.17) is 14.2 Å². The van der Waals surface area contributed by atoms with E-state index in [1.165, 1.54) is 0 Å². The largest absolute Gasteiger partial charge is 0.493 e. The first-order valence-corrected chi connectivity index (χ1v) is 6.94. The summed E-state index contributed by atoms with van der Waals surface area (Å²) in [5.41, 5.74) is 2.20. The maximum absolute atomic E-state index is 5.42. The van der Waals surface area contributed by atoms with E-state index >= 15 is 0 Å². The third-order valence-corrected chi connectivity index (χ3v) is 3.33. The van der Waals surface area contributed by atoms with Crippen molar-refractivity contribution in [3.8, 4) is 17.2 Å². The van der Waals surface area contributed by atoms with Crippen LogP contribution in [0.2, 0.25) is 0 Å². The van der Waals surface area contributed by atoms with Crippen LogP contribution in [-0.2, 0) is 13.0 Å². The lowest BCUT2D eigenvalue weighted by Gasteiger charge is -2.09. The number of rotatable bonds is 6. The van der Waals surface area contributed by atoms with Gasteiger partial charge in [0.15, 0.2) is 11.5 Å². The van der Waals surface area contributed by atoms with Crippen molar-refractivity contribution < 1.29 is 14.2 Å². The van der Waals surface area contributed by atoms with Crippen molar-refractivity contribution >= 4 is 0 Å². The Labute approximate surface area is 123 Å². The van der Waals surface area contributed by atoms with Gasteiger partial charge in [-0.2, -0.15) is 0 Å². The molecule has 0 unspecified atom stereocenters. The third kappa shape index (κ3) is 3.25. The highest BCUT2D eigenvalue weighted by Crippen LogP contribution is 2.41. The molecular formula is C16H18N2O3. The zero-order valence-electron chi connectivity index (χ0n) is 12.0. The molecule has 3 rings (SSSR count). The van der Waals surface area contributed by atoms with Gasteiger partial charge in [0.05, 0.1) is 7.11 Å². The molecule has 1 aromatic heterocycles. The number of benzene rings is 1. The molecule has 21 heavy (non-hydrogen) atoms. The summed E-state index contributed by atoms with van der Waals surface area (Å²) in [5, 5.41) is 3.40. The highest BCUT2D eigenvalue weighted by Gasteiger charge is 2.19. The summed E-state index contributed by atoms with van der Waals surface area (Å²) >= 11 is 0. The van der Waals surface area contributed by atoms with Crippen molar-refractivity contribution in [2.75, 3.05) is 20.4 Å². The van der Waals surface area contributed by atoms with E-state index in [9.17, 15) is 0 Å². The van der Waals surface area contributed by atoms with Gasteiger partial charge in [-0.25, -0.2) is 0 Å². The number of fused-ring (bicyclic) bond motifs is 1. The number of nitrogens with one attached hydrogen (secondary N) is 1. The van der Waals surface area contributed by atoms with E-state index in [0.717, 1.165) is 36.5 Å². The van der Waals surface area contributed by atoms with Gasteiger partial charge in [0.1, 0.15) is 0 Å². The maximum atomic E-state index is 5.42. The van der Waals surface area contributed by atoms with E-state index in [0.29, 0.717) is 11.5 Å². The van der Waals surface area contributed by atoms with Crippen molar-refractivity contribution in [2.45, 2.75) is 13.0 Å². The molecule has 2 aromatic rings. The van der Waals surface area contributed by atoms with Crippen LogP contribution in [0.1, 0.15) is 11.3 Å². The Morgan fingerprint density at radius 1 is 1.29 bits per heavy atom. The standard InChI is InChI=1S/C16H18N2O3/c1-19-14-8-12(9-15-16(14)21-11-20-15)10-17-7-5-13-4-2-3-6-18-13/h2-4,6,8-9,17H,5,7,10-11H2,1H3. The fourth-order valence-corrected chi connectivity index (χ4v) is 2.28. The smallest absolute Gasteiger partial charge is 0.231 e. The first-order chi connectivity index (χ1) is 10.4. The van der Waals surface area contributed by atoms with Gasteiger partial charge in [-0.15, -0.1) is 0 Å². The number of hydrogen-bond acceptors (Lipinski definition) is 5. The fourth-order valence-electron chi connectivity index (χ4n) is 2.28. The molecular weight excluding hydrogens is 268 g/mol. The van der Waals surface area contributed by atoms with Crippen LogP contribution in [0.3, 0.4) is 0 Å². The van der Waals surface area contributed by atoms with Crippen LogP contribution >= 0.6 is 0 Å². The highest BCUT2D eigenvalue weighted by molar-refractivity contribution is 5.55. The van der Waals surface area contributed by atoms with Gasteiger partial charge in [0.25, 0.3) is 0 Å². The summed E-state index contributed by atoms with van der Waals surface area (Å²) in [6, 6.07) is 9.92. The van der Waals surface area contributed by atoms with Crippen molar-refractivity contribution in [2.24, 2.45) is 0 Å². The molecule has 0 amide bonds. The third-order valence-electron chi connectivity index (χ3n) is 3.33. The van der Waals surface area contributed by atoms with Crippen LogP contribution in [0, 0.1) is 0 Å². The number of hydrogen-bond donors (Lipinski definition) is 1. The quantitative estimate of drug-likeness (QED) is 0.825. The van der Waals surface area contributed by atoms with Gasteiger partial charge >= 0.3 is 0 Å². The van der Waals surface area contributed by atoms with Crippen LogP contribution < -0.4 is 19.5 Å². The van der Waals surface area contributed by atoms with E-state index in [-0.39, 0.29) is 6.79 Å². The molecule has 110 valence electrons. The molecule has 0 fully saturated rings. The number of nitrogens with zero attached hydrogens (tertiary/aromatic N) is 1. The number of pyridine rings is 1. The topological polar surface area (TPSA) is 52.6 Å². The summed E-state index contributed by atoms with van der Waals surface area (Å²) in [7, 11) is 1.63. The molecule has 0 radical (unpaired) electrons. The Morgan fingerprint density at radius 3 is 3.05 bits per heavy atom. The van der Waals surface area contributed by atoms with Gasteiger partial charge in [0.2, 0.25) is 12.5 Å². The molecule has 0 spiro atoms. The van der Waals surface area contributed by atoms with E-state index in [2.05, 4.69) is 10.3 Å². The normalized spacial score (nSPS) is 12.4. The minimum absolute atomic E-state index is 0.252. The molecule has 5 heteroatoms. The Balaban J connectivity index is 1.56. The first-order valence-electron chi connectivity index (χ1n) is 6.94. The lowest BCUT2D eigenvalue weighted by Crippen LogP contribution is -2.17. The van der Waals surface area contributed by atoms with Crippen LogP contribution in [0.15, 0.2) is 36.5 Å². The molecule has 0 saturated carbocycles. The Kier molecular flexibility index (Phi) is 4.21. The first kappa shape index (κ1) is 13.7. The van der Waals surface area contributed by atoms with Gasteiger partial charge in [0, 0.05) is 31.4 Å². The second-order valence-corrected chi connectivity index (χ2v) is 4.78. The molecule has 0 bridgehead atoms. The molecule has 0 saturated heterocycles. The summed E-state index contributed by atoms with van der Waals surface area (Å²) in [6.45, 7) is 1.87. The molecule has 0 atom stereocenters. The van der Waals surface area contributed by atoms with Gasteiger partial charge in [-0.3, -0.25) is 4.98 Å². The summed E-state index contributed by atoms with van der Waals surface area (Å²) in [4.78, 5) is 4.30. The minimum Gasteiger partial charge on any atom is -0.493 e.